The molecule has 0 heterocycles. The fourth-order valence-electron chi connectivity index (χ4n) is 2.08. The van der Waals surface area contributed by atoms with Crippen LogP contribution in [0.15, 0.2) is 48.5 Å². The van der Waals surface area contributed by atoms with Gasteiger partial charge in [0.05, 0.1) is 5.02 Å². The SMILES string of the molecule is CC(C)C(C)(NC(=O)c1ccccc1)C(=O)Oc1ccc(F)c(Cl)c1. The molecule has 0 saturated carbocycles. The van der Waals surface area contributed by atoms with E-state index < -0.39 is 17.3 Å². The number of halogens is 2. The number of hydrogen-bond donors (Lipinski definition) is 1. The molecule has 4 nitrogen and oxygen atoms in total. The quantitative estimate of drug-likeness (QED) is 0.639. The summed E-state index contributed by atoms with van der Waals surface area (Å²) < 4.78 is 18.5. The largest absolute Gasteiger partial charge is 0.425 e. The Labute approximate surface area is 150 Å². The summed E-state index contributed by atoms with van der Waals surface area (Å²) >= 11 is 5.70. The second kappa shape index (κ2) is 7.66. The molecule has 0 aliphatic heterocycles. The van der Waals surface area contributed by atoms with Crippen LogP contribution in [0.1, 0.15) is 31.1 Å². The second-order valence-electron chi connectivity index (χ2n) is 6.14. The first-order chi connectivity index (χ1) is 11.7. The lowest BCUT2D eigenvalue weighted by atomic mass is 9.88. The molecule has 0 spiro atoms. The van der Waals surface area contributed by atoms with Crippen molar-refractivity contribution in [3.05, 3.63) is 64.9 Å². The standard InChI is InChI=1S/C19H19ClFNO3/c1-12(2)19(3,22-17(23)13-7-5-4-6-8-13)18(24)25-14-9-10-16(21)15(20)11-14/h4-12H,1-3H3,(H,22,23). The third-order valence-corrected chi connectivity index (χ3v) is 4.38. The van der Waals surface area contributed by atoms with Crippen molar-refractivity contribution in [2.75, 3.05) is 0 Å². The lowest BCUT2D eigenvalue weighted by Gasteiger charge is -2.32. The van der Waals surface area contributed by atoms with Gasteiger partial charge in [-0.2, -0.15) is 0 Å². The number of nitrogens with one attached hydrogen (secondary N) is 1. The van der Waals surface area contributed by atoms with Crippen molar-refractivity contribution < 1.29 is 18.7 Å². The maximum Gasteiger partial charge on any atom is 0.337 e. The van der Waals surface area contributed by atoms with E-state index in [1.165, 1.54) is 12.1 Å². The molecule has 132 valence electrons. The third-order valence-electron chi connectivity index (χ3n) is 4.09. The zero-order valence-electron chi connectivity index (χ0n) is 14.2. The lowest BCUT2D eigenvalue weighted by molar-refractivity contribution is -0.142. The summed E-state index contributed by atoms with van der Waals surface area (Å²) in [7, 11) is 0. The summed E-state index contributed by atoms with van der Waals surface area (Å²) in [6.45, 7) is 5.18. The Morgan fingerprint density at radius 3 is 2.36 bits per heavy atom. The molecule has 0 bridgehead atoms. The van der Waals surface area contributed by atoms with Gasteiger partial charge in [0.15, 0.2) is 0 Å². The van der Waals surface area contributed by atoms with E-state index in [1.807, 2.05) is 0 Å². The molecule has 1 amide bonds. The van der Waals surface area contributed by atoms with E-state index in [0.717, 1.165) is 6.07 Å². The molecule has 2 aromatic rings. The van der Waals surface area contributed by atoms with Crippen molar-refractivity contribution in [2.24, 2.45) is 5.92 Å². The average Bonchev–Trinajstić information content (AvgIpc) is 2.58. The normalized spacial score (nSPS) is 13.2. The highest BCUT2D eigenvalue weighted by Gasteiger charge is 2.40. The van der Waals surface area contributed by atoms with E-state index in [9.17, 15) is 14.0 Å². The second-order valence-corrected chi connectivity index (χ2v) is 6.55. The molecule has 25 heavy (non-hydrogen) atoms. The Morgan fingerprint density at radius 2 is 1.80 bits per heavy atom. The van der Waals surface area contributed by atoms with Crippen molar-refractivity contribution in [1.82, 2.24) is 5.32 Å². The molecule has 0 fully saturated rings. The van der Waals surface area contributed by atoms with Crippen LogP contribution < -0.4 is 10.1 Å². The summed E-state index contributed by atoms with van der Waals surface area (Å²) in [4.78, 5) is 25.1. The molecule has 0 aromatic heterocycles. The fourth-order valence-corrected chi connectivity index (χ4v) is 2.25. The Hall–Kier alpha value is -2.40. The topological polar surface area (TPSA) is 55.4 Å². The Morgan fingerprint density at radius 1 is 1.16 bits per heavy atom. The molecule has 2 aromatic carbocycles. The number of ether oxygens (including phenoxy) is 1. The van der Waals surface area contributed by atoms with E-state index in [-0.39, 0.29) is 22.6 Å². The molecule has 1 N–H and O–H groups in total. The smallest absolute Gasteiger partial charge is 0.337 e. The van der Waals surface area contributed by atoms with Gasteiger partial charge in [-0.3, -0.25) is 4.79 Å². The summed E-state index contributed by atoms with van der Waals surface area (Å²) in [5, 5.41) is 2.59. The van der Waals surface area contributed by atoms with Gasteiger partial charge in [-0.25, -0.2) is 9.18 Å². The first-order valence-electron chi connectivity index (χ1n) is 7.79. The van der Waals surface area contributed by atoms with Crippen LogP contribution in [0.4, 0.5) is 4.39 Å². The van der Waals surface area contributed by atoms with Crippen molar-refractivity contribution in [3.63, 3.8) is 0 Å². The van der Waals surface area contributed by atoms with Gasteiger partial charge in [0.1, 0.15) is 17.1 Å². The Kier molecular flexibility index (Phi) is 5.80. The van der Waals surface area contributed by atoms with Crippen LogP contribution in [0.2, 0.25) is 5.02 Å². The van der Waals surface area contributed by atoms with Gasteiger partial charge in [0, 0.05) is 11.6 Å². The molecule has 2 rings (SSSR count). The first kappa shape index (κ1) is 18.9. The summed E-state index contributed by atoms with van der Waals surface area (Å²) in [5.41, 5.74) is -0.833. The van der Waals surface area contributed by atoms with Crippen LogP contribution in [0.5, 0.6) is 5.75 Å². The minimum Gasteiger partial charge on any atom is -0.425 e. The van der Waals surface area contributed by atoms with Crippen LogP contribution in [-0.4, -0.2) is 17.4 Å². The van der Waals surface area contributed by atoms with Gasteiger partial charge < -0.3 is 10.1 Å². The van der Waals surface area contributed by atoms with Crippen LogP contribution in [0.25, 0.3) is 0 Å². The Bertz CT molecular complexity index is 779. The van der Waals surface area contributed by atoms with Gasteiger partial charge in [-0.15, -0.1) is 0 Å². The van der Waals surface area contributed by atoms with Crippen molar-refractivity contribution in [1.29, 1.82) is 0 Å². The highest BCUT2D eigenvalue weighted by Crippen LogP contribution is 2.25. The van der Waals surface area contributed by atoms with Gasteiger partial charge in [0.2, 0.25) is 0 Å². The van der Waals surface area contributed by atoms with E-state index in [1.54, 1.807) is 51.1 Å². The highest BCUT2D eigenvalue weighted by molar-refractivity contribution is 6.30. The highest BCUT2D eigenvalue weighted by atomic mass is 35.5. The monoisotopic (exact) mass is 363 g/mol. The van der Waals surface area contributed by atoms with Crippen molar-refractivity contribution in [3.8, 4) is 5.75 Å². The number of carbonyl (C=O) groups is 2. The maximum atomic E-state index is 13.2. The number of carbonyl (C=O) groups excluding carboxylic acids is 2. The molecular weight excluding hydrogens is 345 g/mol. The third kappa shape index (κ3) is 4.37. The van der Waals surface area contributed by atoms with Gasteiger partial charge in [-0.1, -0.05) is 43.6 Å². The number of benzene rings is 2. The minimum absolute atomic E-state index is 0.109. The average molecular weight is 364 g/mol. The molecule has 0 radical (unpaired) electrons. The molecule has 0 aliphatic carbocycles. The molecule has 1 atom stereocenters. The number of rotatable bonds is 5. The van der Waals surface area contributed by atoms with Gasteiger partial charge in [0.25, 0.3) is 5.91 Å². The van der Waals surface area contributed by atoms with E-state index >= 15 is 0 Å². The predicted molar refractivity (Wildman–Crippen MR) is 94.2 cm³/mol. The molecule has 6 heteroatoms. The molecule has 1 unspecified atom stereocenters. The van der Waals surface area contributed by atoms with Crippen molar-refractivity contribution in [2.45, 2.75) is 26.3 Å². The fraction of sp³-hybridized carbons (Fsp3) is 0.263. The first-order valence-corrected chi connectivity index (χ1v) is 8.16. The van der Waals surface area contributed by atoms with Gasteiger partial charge in [-0.05, 0) is 37.1 Å². The number of esters is 1. The number of amides is 1. The van der Waals surface area contributed by atoms with Gasteiger partial charge >= 0.3 is 5.97 Å². The molecule has 0 saturated heterocycles. The maximum absolute atomic E-state index is 13.2. The lowest BCUT2D eigenvalue weighted by Crippen LogP contribution is -2.57. The summed E-state index contributed by atoms with van der Waals surface area (Å²) in [6.07, 6.45) is 0. The Balaban J connectivity index is 2.21. The van der Waals surface area contributed by atoms with E-state index in [4.69, 9.17) is 16.3 Å². The predicted octanol–water partition coefficient (Wildman–Crippen LogP) is 4.23. The van der Waals surface area contributed by atoms with Crippen LogP contribution in [-0.2, 0) is 4.79 Å². The summed E-state index contributed by atoms with van der Waals surface area (Å²) in [5.74, 6) is -1.79. The summed E-state index contributed by atoms with van der Waals surface area (Å²) in [6, 6.07) is 12.2. The van der Waals surface area contributed by atoms with Crippen LogP contribution >= 0.6 is 11.6 Å². The van der Waals surface area contributed by atoms with Crippen LogP contribution in [0.3, 0.4) is 0 Å². The van der Waals surface area contributed by atoms with Crippen molar-refractivity contribution >= 4 is 23.5 Å². The van der Waals surface area contributed by atoms with E-state index in [2.05, 4.69) is 5.32 Å². The zero-order chi connectivity index (χ0) is 18.6. The zero-order valence-corrected chi connectivity index (χ0v) is 14.9. The molecular formula is C19H19ClFNO3. The van der Waals surface area contributed by atoms with E-state index in [0.29, 0.717) is 5.56 Å². The number of hydrogen-bond acceptors (Lipinski definition) is 3. The minimum atomic E-state index is -1.27. The van der Waals surface area contributed by atoms with Crippen LogP contribution in [0, 0.1) is 11.7 Å². The molecule has 0 aliphatic rings.